The highest BCUT2D eigenvalue weighted by Gasteiger charge is 2.15. The minimum absolute atomic E-state index is 0.0470. The quantitative estimate of drug-likeness (QED) is 0.500. The third-order valence-electron chi connectivity index (χ3n) is 4.50. The van der Waals surface area contributed by atoms with E-state index in [0.717, 1.165) is 11.1 Å². The lowest BCUT2D eigenvalue weighted by Gasteiger charge is -2.10. The first-order valence-corrected chi connectivity index (χ1v) is 11.3. The Bertz CT molecular complexity index is 1170. The van der Waals surface area contributed by atoms with E-state index in [1.54, 1.807) is 0 Å². The molecule has 0 aliphatic carbocycles. The first-order valence-electron chi connectivity index (χ1n) is 9.07. The molecule has 0 saturated heterocycles. The summed E-state index contributed by atoms with van der Waals surface area (Å²) in [5.74, 6) is -0.180. The van der Waals surface area contributed by atoms with Gasteiger partial charge in [0.05, 0.1) is 17.0 Å². The van der Waals surface area contributed by atoms with Crippen molar-refractivity contribution in [2.45, 2.75) is 25.2 Å². The van der Waals surface area contributed by atoms with Gasteiger partial charge in [-0.25, -0.2) is 8.42 Å². The summed E-state index contributed by atoms with van der Waals surface area (Å²) >= 11 is 11.8. The van der Waals surface area contributed by atoms with Crippen LogP contribution in [0.1, 0.15) is 16.7 Å². The number of hydrogen-bond acceptors (Lipinski definition) is 3. The van der Waals surface area contributed by atoms with Gasteiger partial charge in [-0.1, -0.05) is 41.4 Å². The number of amides is 1. The van der Waals surface area contributed by atoms with Crippen LogP contribution in [0.3, 0.4) is 0 Å². The van der Waals surface area contributed by atoms with Crippen molar-refractivity contribution in [3.63, 3.8) is 0 Å². The molecule has 3 rings (SSSR count). The molecule has 0 atom stereocenters. The maximum absolute atomic E-state index is 12.6. The topological polar surface area (TPSA) is 75.3 Å². The molecule has 0 fully saturated rings. The Hall–Kier alpha value is -2.54. The number of carbonyl (C=O) groups excluding carboxylic acids is 1. The fraction of sp³-hybridized carbons (Fsp3) is 0.136. The first-order chi connectivity index (χ1) is 14.1. The van der Waals surface area contributed by atoms with Crippen molar-refractivity contribution in [2.24, 2.45) is 0 Å². The van der Waals surface area contributed by atoms with E-state index in [0.29, 0.717) is 15.7 Å². The normalized spacial score (nSPS) is 11.2. The van der Waals surface area contributed by atoms with Gasteiger partial charge in [-0.3, -0.25) is 9.52 Å². The highest BCUT2D eigenvalue weighted by atomic mass is 35.5. The van der Waals surface area contributed by atoms with Gasteiger partial charge in [0.2, 0.25) is 5.91 Å². The molecular formula is C22H20Cl2N2O3S. The van der Waals surface area contributed by atoms with E-state index < -0.39 is 10.0 Å². The Morgan fingerprint density at radius 3 is 2.07 bits per heavy atom. The van der Waals surface area contributed by atoms with Crippen LogP contribution in [-0.2, 0) is 21.2 Å². The molecule has 0 aliphatic rings. The van der Waals surface area contributed by atoms with E-state index in [1.807, 2.05) is 32.0 Å². The Morgan fingerprint density at radius 1 is 0.833 bits per heavy atom. The molecule has 0 aliphatic heterocycles. The lowest BCUT2D eigenvalue weighted by molar-refractivity contribution is -0.115. The minimum atomic E-state index is -3.83. The zero-order valence-electron chi connectivity index (χ0n) is 16.4. The van der Waals surface area contributed by atoms with Crippen molar-refractivity contribution in [1.29, 1.82) is 0 Å². The van der Waals surface area contributed by atoms with Crippen LogP contribution in [0.5, 0.6) is 0 Å². The predicted molar refractivity (Wildman–Crippen MR) is 122 cm³/mol. The van der Waals surface area contributed by atoms with E-state index in [2.05, 4.69) is 10.0 Å². The third kappa shape index (κ3) is 5.75. The van der Waals surface area contributed by atoms with Gasteiger partial charge in [0.1, 0.15) is 0 Å². The molecule has 0 unspecified atom stereocenters. The molecule has 30 heavy (non-hydrogen) atoms. The Balaban J connectivity index is 1.67. The van der Waals surface area contributed by atoms with E-state index >= 15 is 0 Å². The molecule has 5 nitrogen and oxygen atoms in total. The van der Waals surface area contributed by atoms with E-state index in [9.17, 15) is 13.2 Å². The molecule has 0 bridgehead atoms. The molecule has 0 saturated carbocycles. The summed E-state index contributed by atoms with van der Waals surface area (Å²) in [7, 11) is -3.83. The lowest BCUT2D eigenvalue weighted by Crippen LogP contribution is -2.15. The summed E-state index contributed by atoms with van der Waals surface area (Å²) in [6.45, 7) is 4.02. The van der Waals surface area contributed by atoms with Gasteiger partial charge < -0.3 is 5.32 Å². The fourth-order valence-corrected chi connectivity index (χ4v) is 4.41. The van der Waals surface area contributed by atoms with Crippen LogP contribution >= 0.6 is 23.2 Å². The molecule has 3 aromatic carbocycles. The second-order valence-corrected chi connectivity index (χ2v) is 9.49. The summed E-state index contributed by atoms with van der Waals surface area (Å²) < 4.78 is 27.6. The van der Waals surface area contributed by atoms with Gasteiger partial charge >= 0.3 is 0 Å². The maximum atomic E-state index is 12.6. The molecule has 2 N–H and O–H groups in total. The maximum Gasteiger partial charge on any atom is 0.261 e. The van der Waals surface area contributed by atoms with Gasteiger partial charge in [-0.2, -0.15) is 0 Å². The smallest absolute Gasteiger partial charge is 0.261 e. The van der Waals surface area contributed by atoms with Crippen LogP contribution in [0.4, 0.5) is 11.4 Å². The van der Waals surface area contributed by atoms with Crippen molar-refractivity contribution in [3.05, 3.63) is 87.4 Å². The van der Waals surface area contributed by atoms with Crippen molar-refractivity contribution < 1.29 is 13.2 Å². The molecule has 3 aromatic rings. The van der Waals surface area contributed by atoms with Crippen LogP contribution < -0.4 is 10.0 Å². The van der Waals surface area contributed by atoms with E-state index in [1.165, 1.54) is 48.0 Å². The summed E-state index contributed by atoms with van der Waals surface area (Å²) in [6.07, 6.45) is 0.234. The van der Waals surface area contributed by atoms with Gasteiger partial charge in [0, 0.05) is 15.7 Å². The van der Waals surface area contributed by atoms with Crippen LogP contribution in [0.15, 0.2) is 65.6 Å². The van der Waals surface area contributed by atoms with Gasteiger partial charge in [0.25, 0.3) is 10.0 Å². The highest BCUT2D eigenvalue weighted by molar-refractivity contribution is 7.92. The molecule has 1 amide bonds. The zero-order chi connectivity index (χ0) is 21.9. The number of hydrogen-bond donors (Lipinski definition) is 2. The van der Waals surface area contributed by atoms with Crippen LogP contribution in [0.25, 0.3) is 0 Å². The number of carbonyl (C=O) groups is 1. The molecule has 0 heterocycles. The Kier molecular flexibility index (Phi) is 6.71. The first kappa shape index (κ1) is 22.2. The molecule has 0 aromatic heterocycles. The number of anilines is 2. The minimum Gasteiger partial charge on any atom is -0.326 e. The second-order valence-electron chi connectivity index (χ2n) is 6.93. The standard InChI is InChI=1S/C22H20Cl2N2O3S/c1-14-3-4-16(9-15(14)2)10-22(27)25-19-5-7-21(8-6-19)30(28,29)26-20-12-17(23)11-18(24)13-20/h3-9,11-13,26H,10H2,1-2H3,(H,25,27). The molecule has 0 spiro atoms. The van der Waals surface area contributed by atoms with Gasteiger partial charge in [-0.05, 0) is 73.0 Å². The molecule has 156 valence electrons. The zero-order valence-corrected chi connectivity index (χ0v) is 18.7. The lowest BCUT2D eigenvalue weighted by atomic mass is 10.0. The number of benzene rings is 3. The number of aryl methyl sites for hydroxylation is 2. The third-order valence-corrected chi connectivity index (χ3v) is 6.33. The summed E-state index contributed by atoms with van der Waals surface area (Å²) in [6, 6.07) is 16.2. The van der Waals surface area contributed by atoms with Crippen molar-refractivity contribution in [2.75, 3.05) is 10.0 Å². The molecular weight excluding hydrogens is 443 g/mol. The molecule has 0 radical (unpaired) electrons. The average Bonchev–Trinajstić information content (AvgIpc) is 2.64. The Labute approximate surface area is 186 Å². The summed E-state index contributed by atoms with van der Waals surface area (Å²) in [5, 5.41) is 3.42. The number of rotatable bonds is 6. The van der Waals surface area contributed by atoms with E-state index in [-0.39, 0.29) is 22.9 Å². The summed E-state index contributed by atoms with van der Waals surface area (Å²) in [4.78, 5) is 12.3. The largest absolute Gasteiger partial charge is 0.326 e. The monoisotopic (exact) mass is 462 g/mol. The van der Waals surface area contributed by atoms with Crippen molar-refractivity contribution >= 4 is 50.5 Å². The SMILES string of the molecule is Cc1ccc(CC(=O)Nc2ccc(S(=O)(=O)Nc3cc(Cl)cc(Cl)c3)cc2)cc1C. The Morgan fingerprint density at radius 2 is 1.47 bits per heavy atom. The van der Waals surface area contributed by atoms with Crippen molar-refractivity contribution in [1.82, 2.24) is 0 Å². The second kappa shape index (κ2) is 9.08. The highest BCUT2D eigenvalue weighted by Crippen LogP contribution is 2.25. The van der Waals surface area contributed by atoms with Crippen LogP contribution in [-0.4, -0.2) is 14.3 Å². The predicted octanol–water partition coefficient (Wildman–Crippen LogP) is 5.59. The average molecular weight is 463 g/mol. The van der Waals surface area contributed by atoms with Crippen LogP contribution in [0, 0.1) is 13.8 Å². The van der Waals surface area contributed by atoms with Crippen molar-refractivity contribution in [3.8, 4) is 0 Å². The number of nitrogens with one attached hydrogen (secondary N) is 2. The van der Waals surface area contributed by atoms with E-state index in [4.69, 9.17) is 23.2 Å². The fourth-order valence-electron chi connectivity index (χ4n) is 2.85. The van der Waals surface area contributed by atoms with Gasteiger partial charge in [-0.15, -0.1) is 0 Å². The van der Waals surface area contributed by atoms with Gasteiger partial charge in [0.15, 0.2) is 0 Å². The summed E-state index contributed by atoms with van der Waals surface area (Å²) in [5.41, 5.74) is 3.99. The number of sulfonamides is 1. The number of halogens is 2. The molecule has 8 heteroatoms. The van der Waals surface area contributed by atoms with Crippen LogP contribution in [0.2, 0.25) is 10.0 Å².